The molecule has 2 N–H and O–H groups in total. The molecule has 0 bridgehead atoms. The molecule has 1 aromatic carbocycles. The van der Waals surface area contributed by atoms with Gasteiger partial charge in [-0.3, -0.25) is 4.79 Å². The van der Waals surface area contributed by atoms with Crippen LogP contribution in [-0.4, -0.2) is 19.5 Å². The highest BCUT2D eigenvalue weighted by Crippen LogP contribution is 2.12. The number of hydrogen-bond acceptors (Lipinski definition) is 2. The van der Waals surface area contributed by atoms with E-state index in [9.17, 15) is 9.18 Å². The van der Waals surface area contributed by atoms with E-state index in [-0.39, 0.29) is 11.7 Å². The lowest BCUT2D eigenvalue weighted by Gasteiger charge is -2.18. The lowest BCUT2D eigenvalue weighted by molar-refractivity contribution is -0.117. The van der Waals surface area contributed by atoms with Crippen molar-refractivity contribution in [2.75, 3.05) is 18.5 Å². The number of hydrogen-bond donors (Lipinski definition) is 1. The van der Waals surface area contributed by atoms with Crippen molar-refractivity contribution in [1.29, 1.82) is 0 Å². The molecule has 0 saturated heterocycles. The van der Waals surface area contributed by atoms with E-state index < -0.39 is 0 Å². The van der Waals surface area contributed by atoms with Gasteiger partial charge in [0.25, 0.3) is 0 Å². The molecule has 1 aromatic rings. The predicted molar refractivity (Wildman–Crippen MR) is 53.5 cm³/mol. The predicted octanol–water partition coefficient (Wildman–Crippen LogP) is 1.14. The zero-order chi connectivity index (χ0) is 10.6. The lowest BCUT2D eigenvalue weighted by atomic mass is 10.2. The SMILES string of the molecule is CN(CCC(N)=O)c1ccc(F)cc1. The van der Waals surface area contributed by atoms with Crippen molar-refractivity contribution in [3.63, 3.8) is 0 Å². The summed E-state index contributed by atoms with van der Waals surface area (Å²) in [4.78, 5) is 12.4. The summed E-state index contributed by atoms with van der Waals surface area (Å²) >= 11 is 0. The minimum Gasteiger partial charge on any atom is -0.374 e. The lowest BCUT2D eigenvalue weighted by Crippen LogP contribution is -2.23. The fourth-order valence-corrected chi connectivity index (χ4v) is 1.10. The molecular formula is C10H13FN2O. The van der Waals surface area contributed by atoms with Gasteiger partial charge in [0.2, 0.25) is 5.91 Å². The molecule has 3 nitrogen and oxygen atoms in total. The first-order valence-corrected chi connectivity index (χ1v) is 4.34. The van der Waals surface area contributed by atoms with E-state index in [0.29, 0.717) is 13.0 Å². The van der Waals surface area contributed by atoms with Crippen molar-refractivity contribution in [3.8, 4) is 0 Å². The highest BCUT2D eigenvalue weighted by Gasteiger charge is 2.02. The second-order valence-electron chi connectivity index (χ2n) is 3.11. The number of nitrogens with two attached hydrogens (primary N) is 1. The van der Waals surface area contributed by atoms with Crippen molar-refractivity contribution in [2.24, 2.45) is 5.73 Å². The number of carbonyl (C=O) groups is 1. The summed E-state index contributed by atoms with van der Waals surface area (Å²) < 4.78 is 12.6. The van der Waals surface area contributed by atoms with Gasteiger partial charge >= 0.3 is 0 Å². The normalized spacial score (nSPS) is 9.86. The van der Waals surface area contributed by atoms with Gasteiger partial charge in [-0.25, -0.2) is 4.39 Å². The summed E-state index contributed by atoms with van der Waals surface area (Å²) in [6.07, 6.45) is 0.299. The quantitative estimate of drug-likeness (QED) is 0.784. The third kappa shape index (κ3) is 3.05. The Hall–Kier alpha value is -1.58. The van der Waals surface area contributed by atoms with Crippen molar-refractivity contribution < 1.29 is 9.18 Å². The molecule has 0 radical (unpaired) electrons. The third-order valence-corrected chi connectivity index (χ3v) is 1.96. The molecule has 0 spiro atoms. The van der Waals surface area contributed by atoms with Crippen molar-refractivity contribution in [2.45, 2.75) is 6.42 Å². The Morgan fingerprint density at radius 2 is 2.00 bits per heavy atom. The smallest absolute Gasteiger partial charge is 0.219 e. The third-order valence-electron chi connectivity index (χ3n) is 1.96. The second kappa shape index (κ2) is 4.60. The summed E-state index contributed by atoms with van der Waals surface area (Å²) in [6.45, 7) is 0.543. The first-order chi connectivity index (χ1) is 6.59. The Kier molecular flexibility index (Phi) is 3.45. The number of primary amides is 1. The highest BCUT2D eigenvalue weighted by molar-refractivity contribution is 5.74. The van der Waals surface area contributed by atoms with Gasteiger partial charge in [0.1, 0.15) is 5.82 Å². The maximum atomic E-state index is 12.6. The van der Waals surface area contributed by atoms with Crippen LogP contribution < -0.4 is 10.6 Å². The molecule has 76 valence electrons. The Balaban J connectivity index is 2.56. The minimum atomic E-state index is -0.334. The van der Waals surface area contributed by atoms with Gasteiger partial charge in [0.15, 0.2) is 0 Å². The molecule has 0 fully saturated rings. The van der Waals surface area contributed by atoms with Crippen LogP contribution in [0.1, 0.15) is 6.42 Å². The van der Waals surface area contributed by atoms with E-state index in [1.807, 2.05) is 11.9 Å². The molecule has 4 heteroatoms. The average molecular weight is 196 g/mol. The Morgan fingerprint density at radius 3 is 2.50 bits per heavy atom. The second-order valence-corrected chi connectivity index (χ2v) is 3.11. The largest absolute Gasteiger partial charge is 0.374 e. The van der Waals surface area contributed by atoms with Gasteiger partial charge in [0.05, 0.1) is 0 Å². The summed E-state index contributed by atoms with van der Waals surface area (Å²) in [7, 11) is 1.83. The van der Waals surface area contributed by atoms with Crippen LogP contribution in [0.15, 0.2) is 24.3 Å². The van der Waals surface area contributed by atoms with E-state index in [0.717, 1.165) is 5.69 Å². The van der Waals surface area contributed by atoms with Gasteiger partial charge < -0.3 is 10.6 Å². The Labute approximate surface area is 82.3 Å². The maximum Gasteiger partial charge on any atom is 0.219 e. The summed E-state index contributed by atoms with van der Waals surface area (Å²) in [5.41, 5.74) is 5.89. The number of rotatable bonds is 4. The molecule has 0 unspecified atom stereocenters. The van der Waals surface area contributed by atoms with Crippen LogP contribution in [0.4, 0.5) is 10.1 Å². The molecule has 0 aliphatic carbocycles. The number of amides is 1. The maximum absolute atomic E-state index is 12.6. The fourth-order valence-electron chi connectivity index (χ4n) is 1.10. The van der Waals surface area contributed by atoms with E-state index in [2.05, 4.69) is 0 Å². The van der Waals surface area contributed by atoms with Crippen LogP contribution in [0, 0.1) is 5.82 Å². The molecule has 0 aromatic heterocycles. The number of carbonyl (C=O) groups excluding carboxylic acids is 1. The van der Waals surface area contributed by atoms with E-state index >= 15 is 0 Å². The Morgan fingerprint density at radius 1 is 1.43 bits per heavy atom. The zero-order valence-electron chi connectivity index (χ0n) is 8.03. The van der Waals surface area contributed by atoms with E-state index in [1.54, 1.807) is 12.1 Å². The first-order valence-electron chi connectivity index (χ1n) is 4.34. The molecule has 1 rings (SSSR count). The first kappa shape index (κ1) is 10.5. The van der Waals surface area contributed by atoms with E-state index in [1.165, 1.54) is 12.1 Å². The number of benzene rings is 1. The highest BCUT2D eigenvalue weighted by atomic mass is 19.1. The zero-order valence-corrected chi connectivity index (χ0v) is 8.03. The molecule has 0 aliphatic heterocycles. The molecule has 14 heavy (non-hydrogen) atoms. The van der Waals surface area contributed by atoms with Gasteiger partial charge in [-0.15, -0.1) is 0 Å². The van der Waals surface area contributed by atoms with Crippen molar-refractivity contribution in [3.05, 3.63) is 30.1 Å². The topological polar surface area (TPSA) is 46.3 Å². The molecule has 0 heterocycles. The molecule has 1 amide bonds. The molecular weight excluding hydrogens is 183 g/mol. The van der Waals surface area contributed by atoms with Crippen LogP contribution in [0.3, 0.4) is 0 Å². The monoisotopic (exact) mass is 196 g/mol. The van der Waals surface area contributed by atoms with Gasteiger partial charge in [-0.2, -0.15) is 0 Å². The molecule has 0 saturated carbocycles. The van der Waals surface area contributed by atoms with Crippen LogP contribution in [0.2, 0.25) is 0 Å². The number of anilines is 1. The molecule has 0 aliphatic rings. The van der Waals surface area contributed by atoms with Gasteiger partial charge in [-0.1, -0.05) is 0 Å². The average Bonchev–Trinajstić information content (AvgIpc) is 2.15. The van der Waals surface area contributed by atoms with Gasteiger partial charge in [0, 0.05) is 25.7 Å². The van der Waals surface area contributed by atoms with Crippen LogP contribution in [0.25, 0.3) is 0 Å². The van der Waals surface area contributed by atoms with Crippen molar-refractivity contribution in [1.82, 2.24) is 0 Å². The standard InChI is InChI=1S/C10H13FN2O/c1-13(7-6-10(12)14)9-4-2-8(11)3-5-9/h2-5H,6-7H2,1H3,(H2,12,14). The fraction of sp³-hybridized carbons (Fsp3) is 0.300. The summed E-state index contributed by atoms with van der Waals surface area (Å²) in [5, 5.41) is 0. The van der Waals surface area contributed by atoms with Crippen LogP contribution in [-0.2, 0) is 4.79 Å². The van der Waals surface area contributed by atoms with E-state index in [4.69, 9.17) is 5.73 Å². The summed E-state index contributed by atoms with van der Waals surface area (Å²) in [6, 6.07) is 6.10. The van der Waals surface area contributed by atoms with Crippen LogP contribution >= 0.6 is 0 Å². The van der Waals surface area contributed by atoms with Crippen molar-refractivity contribution >= 4 is 11.6 Å². The minimum absolute atomic E-state index is 0.267. The number of halogens is 1. The summed E-state index contributed by atoms with van der Waals surface area (Å²) in [5.74, 6) is -0.601. The molecule has 0 atom stereocenters. The number of nitrogens with zero attached hydrogens (tertiary/aromatic N) is 1. The van der Waals surface area contributed by atoms with Gasteiger partial charge in [-0.05, 0) is 24.3 Å². The Bertz CT molecular complexity index is 310. The van der Waals surface area contributed by atoms with Crippen LogP contribution in [0.5, 0.6) is 0 Å².